The van der Waals surface area contributed by atoms with Gasteiger partial charge in [0.1, 0.15) is 17.3 Å². The first-order valence-corrected chi connectivity index (χ1v) is 7.42. The summed E-state index contributed by atoms with van der Waals surface area (Å²) in [5, 5.41) is 3.15. The molecule has 1 aromatic rings. The number of anilines is 1. The van der Waals surface area contributed by atoms with E-state index in [1.807, 2.05) is 0 Å². The van der Waals surface area contributed by atoms with E-state index in [4.69, 9.17) is 11.6 Å². The van der Waals surface area contributed by atoms with E-state index >= 15 is 0 Å². The predicted molar refractivity (Wildman–Crippen MR) is 70.7 cm³/mol. The predicted octanol–water partition coefficient (Wildman–Crippen LogP) is 1.20. The van der Waals surface area contributed by atoms with Gasteiger partial charge in [0, 0.05) is 20.6 Å². The average Bonchev–Trinajstić information content (AvgIpc) is 2.24. The minimum Gasteiger partial charge on any atom is -0.368 e. The fourth-order valence-electron chi connectivity index (χ4n) is 0.953. The molecule has 9 heteroatoms. The summed E-state index contributed by atoms with van der Waals surface area (Å²) in [5.74, 6) is 0.451. The number of rotatable bonds is 5. The SMILES string of the molecule is CN(C)S(=O)(=O)CCNc1ncnc(Cl)c1Br. The molecule has 0 atom stereocenters. The standard InChI is InChI=1S/C8H12BrClN4O2S/c1-14(2)17(15,16)4-3-11-8-6(9)7(10)12-5-13-8/h5H,3-4H2,1-2H3,(H,11,12,13). The van der Waals surface area contributed by atoms with E-state index in [9.17, 15) is 8.42 Å². The molecule has 0 bridgehead atoms. The van der Waals surface area contributed by atoms with Crippen molar-refractivity contribution in [3.8, 4) is 0 Å². The lowest BCUT2D eigenvalue weighted by Crippen LogP contribution is -2.28. The van der Waals surface area contributed by atoms with Crippen LogP contribution in [0.3, 0.4) is 0 Å². The second-order valence-corrected chi connectivity index (χ2v) is 6.81. The molecular weight excluding hydrogens is 332 g/mol. The highest BCUT2D eigenvalue weighted by atomic mass is 79.9. The normalized spacial score (nSPS) is 11.8. The van der Waals surface area contributed by atoms with Gasteiger partial charge in [0.2, 0.25) is 10.0 Å². The monoisotopic (exact) mass is 342 g/mol. The van der Waals surface area contributed by atoms with Crippen LogP contribution in [0.4, 0.5) is 5.82 Å². The number of nitrogens with zero attached hydrogens (tertiary/aromatic N) is 3. The quantitative estimate of drug-likeness (QED) is 0.813. The van der Waals surface area contributed by atoms with E-state index in [0.29, 0.717) is 10.3 Å². The summed E-state index contributed by atoms with van der Waals surface area (Å²) >= 11 is 8.98. The minimum atomic E-state index is -3.21. The maximum absolute atomic E-state index is 11.5. The van der Waals surface area contributed by atoms with Gasteiger partial charge in [-0.25, -0.2) is 22.7 Å². The molecule has 0 spiro atoms. The van der Waals surface area contributed by atoms with Crippen molar-refractivity contribution in [3.63, 3.8) is 0 Å². The minimum absolute atomic E-state index is 0.0198. The molecule has 0 fully saturated rings. The molecule has 0 saturated heterocycles. The third-order valence-corrected chi connectivity index (χ3v) is 5.05. The molecule has 0 aliphatic rings. The average molecular weight is 344 g/mol. The van der Waals surface area contributed by atoms with E-state index in [1.54, 1.807) is 0 Å². The molecule has 1 aromatic heterocycles. The van der Waals surface area contributed by atoms with Crippen LogP contribution in [0.15, 0.2) is 10.8 Å². The largest absolute Gasteiger partial charge is 0.368 e. The van der Waals surface area contributed by atoms with Crippen molar-refractivity contribution in [2.24, 2.45) is 0 Å². The van der Waals surface area contributed by atoms with E-state index in [0.717, 1.165) is 0 Å². The van der Waals surface area contributed by atoms with Crippen LogP contribution in [0, 0.1) is 0 Å². The molecule has 0 radical (unpaired) electrons. The summed E-state index contributed by atoms with van der Waals surface area (Å²) < 4.78 is 24.7. The molecular formula is C8H12BrClN4O2S. The Morgan fingerprint density at radius 2 is 2.12 bits per heavy atom. The van der Waals surface area contributed by atoms with Crippen LogP contribution >= 0.6 is 27.5 Å². The van der Waals surface area contributed by atoms with Crippen molar-refractivity contribution < 1.29 is 8.42 Å². The lowest BCUT2D eigenvalue weighted by atomic mass is 10.5. The van der Waals surface area contributed by atoms with Gasteiger partial charge in [-0.3, -0.25) is 0 Å². The Kier molecular flexibility index (Phi) is 5.11. The van der Waals surface area contributed by atoms with Crippen LogP contribution < -0.4 is 5.32 Å². The molecule has 0 aromatic carbocycles. The Balaban J connectivity index is 2.61. The molecule has 0 unspecified atom stereocenters. The Bertz CT molecular complexity index is 494. The molecule has 0 aliphatic carbocycles. The van der Waals surface area contributed by atoms with Crippen molar-refractivity contribution in [1.82, 2.24) is 14.3 Å². The maximum atomic E-state index is 11.5. The summed E-state index contributed by atoms with van der Waals surface area (Å²) in [5.41, 5.74) is 0. The molecule has 0 amide bonds. The smallest absolute Gasteiger partial charge is 0.215 e. The third kappa shape index (κ3) is 4.06. The molecule has 17 heavy (non-hydrogen) atoms. The molecule has 0 aliphatic heterocycles. The van der Waals surface area contributed by atoms with E-state index in [1.165, 1.54) is 24.7 Å². The summed E-state index contributed by atoms with van der Waals surface area (Å²) in [6.45, 7) is 0.243. The van der Waals surface area contributed by atoms with Gasteiger partial charge in [-0.2, -0.15) is 0 Å². The molecule has 1 N–H and O–H groups in total. The molecule has 1 rings (SSSR count). The first kappa shape index (κ1) is 14.6. The van der Waals surface area contributed by atoms with Gasteiger partial charge in [-0.15, -0.1) is 0 Å². The molecule has 0 saturated carbocycles. The summed E-state index contributed by atoms with van der Waals surface area (Å²) in [4.78, 5) is 7.71. The zero-order valence-electron chi connectivity index (χ0n) is 9.31. The number of halogens is 2. The van der Waals surface area contributed by atoms with Crippen molar-refractivity contribution in [3.05, 3.63) is 16.0 Å². The first-order valence-electron chi connectivity index (χ1n) is 4.64. The van der Waals surface area contributed by atoms with Crippen molar-refractivity contribution >= 4 is 43.4 Å². The van der Waals surface area contributed by atoms with Crippen molar-refractivity contribution in [2.45, 2.75) is 0 Å². The van der Waals surface area contributed by atoms with Gasteiger partial charge < -0.3 is 5.32 Å². The fraction of sp³-hybridized carbons (Fsp3) is 0.500. The highest BCUT2D eigenvalue weighted by molar-refractivity contribution is 9.10. The zero-order chi connectivity index (χ0) is 13.1. The zero-order valence-corrected chi connectivity index (χ0v) is 12.5. The lowest BCUT2D eigenvalue weighted by molar-refractivity contribution is 0.521. The van der Waals surface area contributed by atoms with Crippen LogP contribution in [-0.4, -0.2) is 49.1 Å². The fourth-order valence-corrected chi connectivity index (χ4v) is 2.16. The Labute approximate surface area is 114 Å². The van der Waals surface area contributed by atoms with Gasteiger partial charge in [0.25, 0.3) is 0 Å². The summed E-state index contributed by atoms with van der Waals surface area (Å²) in [7, 11) is -0.226. The van der Waals surface area contributed by atoms with E-state index in [-0.39, 0.29) is 17.5 Å². The van der Waals surface area contributed by atoms with Crippen LogP contribution in [0.1, 0.15) is 0 Å². The highest BCUT2D eigenvalue weighted by Crippen LogP contribution is 2.25. The van der Waals surface area contributed by atoms with Gasteiger partial charge in [0.05, 0.1) is 10.2 Å². The van der Waals surface area contributed by atoms with Crippen molar-refractivity contribution in [1.29, 1.82) is 0 Å². The van der Waals surface area contributed by atoms with E-state index < -0.39 is 10.0 Å². The van der Waals surface area contributed by atoms with Gasteiger partial charge in [0.15, 0.2) is 0 Å². The highest BCUT2D eigenvalue weighted by Gasteiger charge is 2.13. The second kappa shape index (κ2) is 5.94. The number of hydrogen-bond donors (Lipinski definition) is 1. The van der Waals surface area contributed by atoms with Gasteiger partial charge >= 0.3 is 0 Å². The third-order valence-electron chi connectivity index (χ3n) is 1.96. The number of nitrogens with one attached hydrogen (secondary N) is 1. The van der Waals surface area contributed by atoms with Gasteiger partial charge in [-0.1, -0.05) is 11.6 Å². The molecule has 96 valence electrons. The summed E-state index contributed by atoms with van der Waals surface area (Å²) in [6, 6.07) is 0. The van der Waals surface area contributed by atoms with Gasteiger partial charge in [-0.05, 0) is 15.9 Å². The van der Waals surface area contributed by atoms with Crippen LogP contribution in [0.5, 0.6) is 0 Å². The molecule has 1 heterocycles. The summed E-state index contributed by atoms with van der Waals surface area (Å²) in [6.07, 6.45) is 1.30. The Morgan fingerprint density at radius 3 is 2.71 bits per heavy atom. The Hall–Kier alpha value is -0.440. The maximum Gasteiger partial charge on any atom is 0.215 e. The van der Waals surface area contributed by atoms with Crippen molar-refractivity contribution in [2.75, 3.05) is 31.7 Å². The first-order chi connectivity index (χ1) is 7.84. The topological polar surface area (TPSA) is 75.2 Å². The molecule has 6 nitrogen and oxygen atoms in total. The second-order valence-electron chi connectivity index (χ2n) is 3.35. The number of hydrogen-bond acceptors (Lipinski definition) is 5. The lowest BCUT2D eigenvalue weighted by Gasteiger charge is -2.12. The number of aromatic nitrogens is 2. The van der Waals surface area contributed by atoms with E-state index in [2.05, 4.69) is 31.2 Å². The van der Waals surface area contributed by atoms with Crippen LogP contribution in [-0.2, 0) is 10.0 Å². The Morgan fingerprint density at radius 1 is 1.47 bits per heavy atom. The van der Waals surface area contributed by atoms with Crippen LogP contribution in [0.2, 0.25) is 5.15 Å². The number of sulfonamides is 1. The van der Waals surface area contributed by atoms with Crippen LogP contribution in [0.25, 0.3) is 0 Å².